The summed E-state index contributed by atoms with van der Waals surface area (Å²) < 4.78 is 1.99. The van der Waals surface area contributed by atoms with Crippen LogP contribution in [-0.2, 0) is 11.2 Å². The Hall–Kier alpha value is -1.74. The summed E-state index contributed by atoms with van der Waals surface area (Å²) in [6.45, 7) is 0. The molecule has 0 bridgehead atoms. The molecule has 0 radical (unpaired) electrons. The number of halogens is 1. The predicted molar refractivity (Wildman–Crippen MR) is 71.4 cm³/mol. The monoisotopic (exact) mass is 263 g/mol. The minimum atomic E-state index is -0.774. The zero-order valence-electron chi connectivity index (χ0n) is 9.84. The maximum absolute atomic E-state index is 10.5. The van der Waals surface area contributed by atoms with Crippen molar-refractivity contribution in [2.75, 3.05) is 0 Å². The van der Waals surface area contributed by atoms with Gasteiger partial charge in [-0.05, 0) is 42.7 Å². The van der Waals surface area contributed by atoms with Crippen molar-refractivity contribution in [3.63, 3.8) is 0 Å². The lowest BCUT2D eigenvalue weighted by atomic mass is 10.1. The molecule has 0 aliphatic heterocycles. The van der Waals surface area contributed by atoms with Crippen LogP contribution in [0.4, 0.5) is 0 Å². The third-order valence-corrected chi connectivity index (χ3v) is 3.15. The van der Waals surface area contributed by atoms with Crippen molar-refractivity contribution in [1.29, 1.82) is 0 Å². The van der Waals surface area contributed by atoms with Crippen LogP contribution >= 0.6 is 11.6 Å². The molecular formula is C14H14ClNO2. The number of hydrogen-bond acceptors (Lipinski definition) is 1. The summed E-state index contributed by atoms with van der Waals surface area (Å²) >= 11 is 6.20. The highest BCUT2D eigenvalue weighted by Gasteiger charge is 2.09. The Bertz CT molecular complexity index is 535. The molecule has 18 heavy (non-hydrogen) atoms. The zero-order chi connectivity index (χ0) is 13.0. The fourth-order valence-electron chi connectivity index (χ4n) is 1.95. The largest absolute Gasteiger partial charge is 0.481 e. The van der Waals surface area contributed by atoms with Gasteiger partial charge >= 0.3 is 5.97 Å². The number of benzene rings is 1. The molecule has 0 saturated carbocycles. The van der Waals surface area contributed by atoms with Gasteiger partial charge in [0, 0.05) is 29.5 Å². The molecule has 4 heteroatoms. The normalized spacial score (nSPS) is 10.5. The number of carboxylic acid groups (broad SMARTS) is 1. The number of carbonyl (C=O) groups is 1. The van der Waals surface area contributed by atoms with E-state index in [9.17, 15) is 4.79 Å². The average molecular weight is 264 g/mol. The van der Waals surface area contributed by atoms with E-state index in [1.807, 2.05) is 47.3 Å². The molecular weight excluding hydrogens is 250 g/mol. The van der Waals surface area contributed by atoms with Gasteiger partial charge < -0.3 is 9.67 Å². The second-order valence-corrected chi connectivity index (χ2v) is 4.48. The molecule has 2 aromatic rings. The van der Waals surface area contributed by atoms with Crippen LogP contribution in [0.2, 0.25) is 5.02 Å². The Kier molecular flexibility index (Phi) is 4.05. The molecule has 0 saturated heterocycles. The van der Waals surface area contributed by atoms with Crippen molar-refractivity contribution in [3.05, 3.63) is 53.3 Å². The fraction of sp³-hybridized carbons (Fsp3) is 0.214. The number of rotatable bonds is 5. The van der Waals surface area contributed by atoms with E-state index in [2.05, 4.69) is 0 Å². The molecule has 3 nitrogen and oxygen atoms in total. The first-order chi connectivity index (χ1) is 8.68. The number of hydrogen-bond donors (Lipinski definition) is 1. The van der Waals surface area contributed by atoms with E-state index in [0.29, 0.717) is 17.9 Å². The van der Waals surface area contributed by atoms with Gasteiger partial charge in [0.25, 0.3) is 0 Å². The van der Waals surface area contributed by atoms with Crippen molar-refractivity contribution < 1.29 is 9.90 Å². The summed E-state index contributed by atoms with van der Waals surface area (Å²) in [5.74, 6) is -0.774. The number of nitrogens with zero attached hydrogens (tertiary/aromatic N) is 1. The molecule has 0 fully saturated rings. The highest BCUT2D eigenvalue weighted by Crippen LogP contribution is 2.25. The van der Waals surface area contributed by atoms with Crippen LogP contribution in [0.1, 0.15) is 18.4 Å². The van der Waals surface area contributed by atoms with Crippen LogP contribution < -0.4 is 0 Å². The summed E-state index contributed by atoms with van der Waals surface area (Å²) in [7, 11) is 0. The molecule has 2 rings (SSSR count). The first-order valence-electron chi connectivity index (χ1n) is 5.81. The van der Waals surface area contributed by atoms with E-state index in [-0.39, 0.29) is 6.42 Å². The molecule has 1 heterocycles. The van der Waals surface area contributed by atoms with Gasteiger partial charge in [-0.1, -0.05) is 17.7 Å². The Morgan fingerprint density at radius 1 is 1.22 bits per heavy atom. The summed E-state index contributed by atoms with van der Waals surface area (Å²) in [6, 6.07) is 9.62. The zero-order valence-corrected chi connectivity index (χ0v) is 10.6. The third kappa shape index (κ3) is 2.93. The summed E-state index contributed by atoms with van der Waals surface area (Å²) in [5.41, 5.74) is 2.01. The van der Waals surface area contributed by atoms with Crippen LogP contribution in [0.3, 0.4) is 0 Å². The van der Waals surface area contributed by atoms with Crippen molar-refractivity contribution in [2.24, 2.45) is 0 Å². The van der Waals surface area contributed by atoms with E-state index >= 15 is 0 Å². The first kappa shape index (κ1) is 12.7. The van der Waals surface area contributed by atoms with Crippen molar-refractivity contribution in [3.8, 4) is 5.69 Å². The molecule has 1 aromatic heterocycles. The molecule has 1 aromatic carbocycles. The molecule has 94 valence electrons. The van der Waals surface area contributed by atoms with E-state index in [4.69, 9.17) is 16.7 Å². The van der Waals surface area contributed by atoms with Gasteiger partial charge in [-0.2, -0.15) is 0 Å². The average Bonchev–Trinajstić information content (AvgIpc) is 2.84. The minimum Gasteiger partial charge on any atom is -0.481 e. The topological polar surface area (TPSA) is 42.2 Å². The Morgan fingerprint density at radius 2 is 1.94 bits per heavy atom. The predicted octanol–water partition coefficient (Wildman–Crippen LogP) is 3.54. The number of aliphatic carboxylic acids is 1. The maximum Gasteiger partial charge on any atom is 0.303 e. The summed E-state index contributed by atoms with van der Waals surface area (Å²) in [6.07, 6.45) is 5.32. The Labute approximate surface area is 111 Å². The molecule has 1 N–H and O–H groups in total. The Balaban J connectivity index is 2.25. The van der Waals surface area contributed by atoms with Gasteiger partial charge in [0.05, 0.1) is 0 Å². The van der Waals surface area contributed by atoms with Crippen LogP contribution in [0.5, 0.6) is 0 Å². The molecule has 0 spiro atoms. The van der Waals surface area contributed by atoms with E-state index in [0.717, 1.165) is 11.3 Å². The molecule has 0 atom stereocenters. The quantitative estimate of drug-likeness (QED) is 0.897. The highest BCUT2D eigenvalue weighted by molar-refractivity contribution is 6.31. The van der Waals surface area contributed by atoms with E-state index in [1.54, 1.807) is 0 Å². The molecule has 0 amide bonds. The third-order valence-electron chi connectivity index (χ3n) is 2.79. The molecule has 0 aliphatic rings. The second kappa shape index (κ2) is 5.74. The fourth-order valence-corrected chi connectivity index (χ4v) is 2.21. The lowest BCUT2D eigenvalue weighted by Gasteiger charge is -2.12. The SMILES string of the molecule is O=C(O)CCCc1c(Cl)cccc1-n1cccc1. The number of carboxylic acids is 1. The van der Waals surface area contributed by atoms with E-state index in [1.165, 1.54) is 0 Å². The first-order valence-corrected chi connectivity index (χ1v) is 6.19. The van der Waals surface area contributed by atoms with Crippen molar-refractivity contribution in [2.45, 2.75) is 19.3 Å². The highest BCUT2D eigenvalue weighted by atomic mass is 35.5. The van der Waals surface area contributed by atoms with Gasteiger partial charge in [-0.25, -0.2) is 0 Å². The minimum absolute atomic E-state index is 0.163. The smallest absolute Gasteiger partial charge is 0.303 e. The van der Waals surface area contributed by atoms with E-state index < -0.39 is 5.97 Å². The van der Waals surface area contributed by atoms with Gasteiger partial charge in [0.15, 0.2) is 0 Å². The lowest BCUT2D eigenvalue weighted by molar-refractivity contribution is -0.137. The second-order valence-electron chi connectivity index (χ2n) is 4.08. The van der Waals surface area contributed by atoms with Crippen LogP contribution in [0.15, 0.2) is 42.7 Å². The van der Waals surface area contributed by atoms with Gasteiger partial charge in [0.2, 0.25) is 0 Å². The van der Waals surface area contributed by atoms with Crippen molar-refractivity contribution in [1.82, 2.24) is 4.57 Å². The van der Waals surface area contributed by atoms with Gasteiger partial charge in [0.1, 0.15) is 0 Å². The summed E-state index contributed by atoms with van der Waals surface area (Å²) in [4.78, 5) is 10.5. The lowest BCUT2D eigenvalue weighted by Crippen LogP contribution is -2.01. The van der Waals surface area contributed by atoms with Crippen molar-refractivity contribution >= 4 is 17.6 Å². The van der Waals surface area contributed by atoms with Crippen LogP contribution in [-0.4, -0.2) is 15.6 Å². The van der Waals surface area contributed by atoms with Crippen LogP contribution in [0, 0.1) is 0 Å². The van der Waals surface area contributed by atoms with Gasteiger partial charge in [-0.15, -0.1) is 0 Å². The van der Waals surface area contributed by atoms with Gasteiger partial charge in [-0.3, -0.25) is 4.79 Å². The summed E-state index contributed by atoms with van der Waals surface area (Å²) in [5, 5.41) is 9.36. The standard InChI is InChI=1S/C14H14ClNO2/c15-12-6-4-7-13(16-9-1-2-10-16)11(12)5-3-8-14(17)18/h1-2,4,6-7,9-10H,3,5,8H2,(H,17,18). The maximum atomic E-state index is 10.5. The van der Waals surface area contributed by atoms with Crippen LogP contribution in [0.25, 0.3) is 5.69 Å². The number of aromatic nitrogens is 1. The molecule has 0 aliphatic carbocycles. The molecule has 0 unspecified atom stereocenters. The Morgan fingerprint density at radius 3 is 2.61 bits per heavy atom.